The summed E-state index contributed by atoms with van der Waals surface area (Å²) >= 11 is 0. The molecule has 0 atom stereocenters. The molecule has 3 fully saturated rings. The molecular weight excluding hydrogens is 566 g/mol. The van der Waals surface area contributed by atoms with Crippen molar-refractivity contribution in [3.8, 4) is 0 Å². The average Bonchev–Trinajstić information content (AvgIpc) is 3.71. The number of hydrogen-bond donors (Lipinski definition) is 3. The smallest absolute Gasteiger partial charge is 0.257 e. The molecule has 6 rings (SSSR count). The number of rotatable bonds is 8. The normalized spacial score (nSPS) is 19.6. The van der Waals surface area contributed by atoms with Crippen molar-refractivity contribution in [1.29, 1.82) is 0 Å². The predicted octanol–water partition coefficient (Wildman–Crippen LogP) is 4.23. The van der Waals surface area contributed by atoms with Crippen LogP contribution in [-0.2, 0) is 10.0 Å². The van der Waals surface area contributed by atoms with Crippen LogP contribution < -0.4 is 19.8 Å². The number of amides is 1. The van der Waals surface area contributed by atoms with Gasteiger partial charge in [0.1, 0.15) is 5.52 Å². The number of alkyl halides is 2. The molecule has 2 aromatic carbocycles. The van der Waals surface area contributed by atoms with E-state index in [1.54, 1.807) is 36.7 Å². The zero-order valence-electron chi connectivity index (χ0n) is 23.2. The Bertz CT molecular complexity index is 1590. The summed E-state index contributed by atoms with van der Waals surface area (Å²) in [5, 5.41) is 12.1. The third-order valence-corrected chi connectivity index (χ3v) is 9.91. The maximum atomic E-state index is 13.9. The number of aliphatic hydroxyl groups excluding tert-OH is 1. The number of piperidine rings is 2. The van der Waals surface area contributed by atoms with Crippen molar-refractivity contribution < 1.29 is 27.1 Å². The zero-order chi connectivity index (χ0) is 29.5. The number of sulfonamides is 1. The lowest BCUT2D eigenvalue weighted by molar-refractivity contribution is -0.0220. The van der Waals surface area contributed by atoms with Crippen LogP contribution in [0.1, 0.15) is 48.9 Å². The predicted molar refractivity (Wildman–Crippen MR) is 158 cm³/mol. The molecule has 0 unspecified atom stereocenters. The van der Waals surface area contributed by atoms with Crippen LogP contribution in [-0.4, -0.2) is 73.9 Å². The van der Waals surface area contributed by atoms with Gasteiger partial charge in [0.15, 0.2) is 0 Å². The Morgan fingerprint density at radius 3 is 2.21 bits per heavy atom. The first kappa shape index (κ1) is 28.5. The van der Waals surface area contributed by atoms with Crippen LogP contribution in [0.25, 0.3) is 11.0 Å². The molecule has 3 aliphatic rings. The Hall–Kier alpha value is -3.58. The SMILES string of the molecule is O=C(Nc1cc(N2CCC(F)(F)CC2)c2nccnc2c1)c1ccc(NS(=O)(=O)CCO)cc1N1CCC2(CC1)CC2. The minimum atomic E-state index is -3.75. The number of aliphatic hydroxyl groups is 1. The van der Waals surface area contributed by atoms with Gasteiger partial charge in [0, 0.05) is 57.1 Å². The summed E-state index contributed by atoms with van der Waals surface area (Å²) in [5.74, 6) is -3.52. The third kappa shape index (κ3) is 6.12. The van der Waals surface area contributed by atoms with Crippen molar-refractivity contribution >= 4 is 49.7 Å². The summed E-state index contributed by atoms with van der Waals surface area (Å²) in [5.41, 5.74) is 3.90. The molecule has 13 heteroatoms. The Morgan fingerprint density at radius 2 is 1.52 bits per heavy atom. The molecule has 1 aliphatic carbocycles. The van der Waals surface area contributed by atoms with Gasteiger partial charge in [-0.3, -0.25) is 19.5 Å². The molecule has 1 aromatic heterocycles. The first-order valence-electron chi connectivity index (χ1n) is 14.2. The lowest BCUT2D eigenvalue weighted by Crippen LogP contribution is -2.39. The molecule has 0 radical (unpaired) electrons. The second kappa shape index (κ2) is 10.9. The molecule has 1 spiro atoms. The van der Waals surface area contributed by atoms with Crippen molar-refractivity contribution in [3.63, 3.8) is 0 Å². The van der Waals surface area contributed by atoms with Crippen LogP contribution >= 0.6 is 0 Å². The standard InChI is InChI=1S/C29H34F2N6O4S/c30-29(31)7-13-37(14-8-29)25-19-21(17-23-26(25)33-10-9-32-23)34-27(39)22-2-1-20(35-42(40,41)16-15-38)18-24(22)36-11-5-28(3-4-28)6-12-36/h1-2,9-10,17-19,35,38H,3-8,11-16H2,(H,34,39). The number of carbonyl (C=O) groups is 1. The number of fused-ring (bicyclic) bond motifs is 1. The fraction of sp³-hybridized carbons (Fsp3) is 0.483. The largest absolute Gasteiger partial charge is 0.395 e. The number of nitrogens with one attached hydrogen (secondary N) is 2. The van der Waals surface area contributed by atoms with E-state index in [1.807, 2.05) is 4.90 Å². The Labute approximate surface area is 243 Å². The molecule has 224 valence electrons. The Kier molecular flexibility index (Phi) is 7.42. The highest BCUT2D eigenvalue weighted by Gasteiger charge is 2.44. The fourth-order valence-corrected chi connectivity index (χ4v) is 6.77. The van der Waals surface area contributed by atoms with Gasteiger partial charge in [0.2, 0.25) is 10.0 Å². The zero-order valence-corrected chi connectivity index (χ0v) is 24.0. The number of nitrogens with zero attached hydrogens (tertiary/aromatic N) is 4. The first-order chi connectivity index (χ1) is 20.1. The van der Waals surface area contributed by atoms with E-state index >= 15 is 0 Å². The van der Waals surface area contributed by atoms with Crippen LogP contribution in [0.3, 0.4) is 0 Å². The number of halogens is 2. The number of anilines is 4. The van der Waals surface area contributed by atoms with Gasteiger partial charge in [-0.15, -0.1) is 0 Å². The number of carbonyl (C=O) groups excluding carboxylic acids is 1. The number of aromatic nitrogens is 2. The van der Waals surface area contributed by atoms with Crippen molar-refractivity contribution in [2.45, 2.75) is 44.4 Å². The molecule has 10 nitrogen and oxygen atoms in total. The minimum absolute atomic E-state index is 0.157. The maximum absolute atomic E-state index is 13.9. The van der Waals surface area contributed by atoms with Crippen LogP contribution in [0.15, 0.2) is 42.7 Å². The number of benzene rings is 2. The van der Waals surface area contributed by atoms with E-state index in [-0.39, 0.29) is 31.8 Å². The summed E-state index contributed by atoms with van der Waals surface area (Å²) in [4.78, 5) is 26.6. The van der Waals surface area contributed by atoms with E-state index in [0.29, 0.717) is 44.8 Å². The minimum Gasteiger partial charge on any atom is -0.395 e. The number of hydrogen-bond acceptors (Lipinski definition) is 8. The van der Waals surface area contributed by atoms with Crippen LogP contribution in [0.5, 0.6) is 0 Å². The van der Waals surface area contributed by atoms with Crippen molar-refractivity contribution in [2.75, 3.05) is 58.4 Å². The van der Waals surface area contributed by atoms with E-state index in [9.17, 15) is 22.0 Å². The highest BCUT2D eigenvalue weighted by atomic mass is 32.2. The monoisotopic (exact) mass is 600 g/mol. The summed E-state index contributed by atoms with van der Waals surface area (Å²) in [7, 11) is -3.75. The molecule has 3 aromatic rings. The molecule has 2 saturated heterocycles. The van der Waals surface area contributed by atoms with Crippen molar-refractivity contribution in [1.82, 2.24) is 9.97 Å². The lowest BCUT2D eigenvalue weighted by atomic mass is 9.93. The lowest BCUT2D eigenvalue weighted by Gasteiger charge is -2.35. The van der Waals surface area contributed by atoms with Gasteiger partial charge >= 0.3 is 0 Å². The van der Waals surface area contributed by atoms with Crippen molar-refractivity contribution in [2.24, 2.45) is 5.41 Å². The van der Waals surface area contributed by atoms with E-state index < -0.39 is 28.3 Å². The van der Waals surface area contributed by atoms with Gasteiger partial charge in [-0.2, -0.15) is 0 Å². The summed E-state index contributed by atoms with van der Waals surface area (Å²) in [6, 6.07) is 8.24. The van der Waals surface area contributed by atoms with Gasteiger partial charge in [-0.25, -0.2) is 17.2 Å². The highest BCUT2D eigenvalue weighted by Crippen LogP contribution is 2.54. The summed E-state index contributed by atoms with van der Waals surface area (Å²) in [6.45, 7) is 1.31. The van der Waals surface area contributed by atoms with Gasteiger partial charge in [-0.05, 0) is 61.4 Å². The van der Waals surface area contributed by atoms with Gasteiger partial charge in [0.25, 0.3) is 11.8 Å². The quantitative estimate of drug-likeness (QED) is 0.351. The Morgan fingerprint density at radius 1 is 0.881 bits per heavy atom. The second-order valence-electron chi connectivity index (χ2n) is 11.6. The molecular formula is C29H34F2N6O4S. The first-order valence-corrected chi connectivity index (χ1v) is 15.9. The van der Waals surface area contributed by atoms with E-state index in [0.717, 1.165) is 25.9 Å². The van der Waals surface area contributed by atoms with Crippen LogP contribution in [0.2, 0.25) is 0 Å². The van der Waals surface area contributed by atoms with Crippen molar-refractivity contribution in [3.05, 3.63) is 48.3 Å². The maximum Gasteiger partial charge on any atom is 0.257 e. The van der Waals surface area contributed by atoms with E-state index in [2.05, 4.69) is 24.9 Å². The fourth-order valence-electron chi connectivity index (χ4n) is 5.94. The average molecular weight is 601 g/mol. The summed E-state index contributed by atoms with van der Waals surface area (Å²) < 4.78 is 54.9. The van der Waals surface area contributed by atoms with Crippen LogP contribution in [0, 0.1) is 5.41 Å². The molecule has 0 bridgehead atoms. The van der Waals surface area contributed by atoms with Gasteiger partial charge in [0.05, 0.1) is 40.5 Å². The van der Waals surface area contributed by atoms with Gasteiger partial charge < -0.3 is 20.2 Å². The summed E-state index contributed by atoms with van der Waals surface area (Å²) in [6.07, 6.45) is 7.02. The molecule has 2 aliphatic heterocycles. The topological polar surface area (TPSA) is 128 Å². The second-order valence-corrected chi connectivity index (χ2v) is 13.4. The molecule has 1 saturated carbocycles. The molecule has 1 amide bonds. The molecule has 3 heterocycles. The highest BCUT2D eigenvalue weighted by molar-refractivity contribution is 7.92. The third-order valence-electron chi connectivity index (χ3n) is 8.64. The van der Waals surface area contributed by atoms with E-state index in [1.165, 1.54) is 18.9 Å². The van der Waals surface area contributed by atoms with Gasteiger partial charge in [-0.1, -0.05) is 0 Å². The van der Waals surface area contributed by atoms with Crippen LogP contribution in [0.4, 0.5) is 31.5 Å². The Balaban J connectivity index is 1.30. The molecule has 3 N–H and O–H groups in total. The van der Waals surface area contributed by atoms with E-state index in [4.69, 9.17) is 5.11 Å². The molecule has 42 heavy (non-hydrogen) atoms.